The van der Waals surface area contributed by atoms with E-state index < -0.39 is 0 Å². The maximum absolute atomic E-state index is 9.34. The molecule has 1 aliphatic carbocycles. The summed E-state index contributed by atoms with van der Waals surface area (Å²) in [6.45, 7) is 6.73. The van der Waals surface area contributed by atoms with Crippen LogP contribution in [0.1, 0.15) is 39.5 Å². The third kappa shape index (κ3) is 2.46. The lowest BCUT2D eigenvalue weighted by Crippen LogP contribution is -2.38. The Labute approximate surface area is 75.6 Å². The number of aliphatic hydroxyl groups is 1. The third-order valence-corrected chi connectivity index (χ3v) is 2.99. The molecule has 0 spiro atoms. The van der Waals surface area contributed by atoms with Gasteiger partial charge in [0.25, 0.3) is 0 Å². The first-order valence-electron chi connectivity index (χ1n) is 5.20. The van der Waals surface area contributed by atoms with Crippen molar-refractivity contribution in [2.45, 2.75) is 51.7 Å². The van der Waals surface area contributed by atoms with Gasteiger partial charge in [-0.1, -0.05) is 13.8 Å². The molecule has 1 aliphatic rings. The first-order valence-corrected chi connectivity index (χ1v) is 5.20. The Morgan fingerprint density at radius 1 is 1.08 bits per heavy atom. The molecule has 0 saturated heterocycles. The number of aliphatic hydroxyl groups excluding tert-OH is 1. The Morgan fingerprint density at radius 2 is 1.58 bits per heavy atom. The van der Waals surface area contributed by atoms with Crippen LogP contribution in [0.25, 0.3) is 0 Å². The highest BCUT2D eigenvalue weighted by Gasteiger charge is 2.22. The van der Waals surface area contributed by atoms with Gasteiger partial charge in [-0.2, -0.15) is 0 Å². The van der Waals surface area contributed by atoms with Gasteiger partial charge in [-0.25, -0.2) is 0 Å². The van der Waals surface area contributed by atoms with Crippen molar-refractivity contribution >= 4 is 0 Å². The predicted octanol–water partition coefficient (Wildman–Crippen LogP) is 1.63. The minimum atomic E-state index is -0.0168. The van der Waals surface area contributed by atoms with Crippen molar-refractivity contribution in [1.29, 1.82) is 0 Å². The van der Waals surface area contributed by atoms with Gasteiger partial charge in [-0.3, -0.25) is 0 Å². The average molecular weight is 171 g/mol. The summed E-state index contributed by atoms with van der Waals surface area (Å²) in [6, 6.07) is 0.739. The average Bonchev–Trinajstić information content (AvgIpc) is 2.10. The van der Waals surface area contributed by atoms with Crippen LogP contribution in [-0.2, 0) is 0 Å². The van der Waals surface area contributed by atoms with Crippen molar-refractivity contribution in [3.63, 3.8) is 0 Å². The summed E-state index contributed by atoms with van der Waals surface area (Å²) in [5.74, 6) is 0. The predicted molar refractivity (Wildman–Crippen MR) is 51.2 cm³/mol. The van der Waals surface area contributed by atoms with E-state index in [-0.39, 0.29) is 6.10 Å². The number of rotatable bonds is 3. The second-order valence-corrected chi connectivity index (χ2v) is 3.68. The quantitative estimate of drug-likeness (QED) is 0.697. The highest BCUT2D eigenvalue weighted by molar-refractivity contribution is 4.78. The minimum absolute atomic E-state index is 0.0168. The maximum Gasteiger partial charge on any atom is 0.0541 e. The Morgan fingerprint density at radius 3 is 2.00 bits per heavy atom. The van der Waals surface area contributed by atoms with E-state index in [4.69, 9.17) is 0 Å². The Kier molecular flexibility index (Phi) is 4.02. The Balaban J connectivity index is 2.32. The Hall–Kier alpha value is -0.0800. The molecule has 0 radical (unpaired) electrons. The van der Waals surface area contributed by atoms with Crippen LogP contribution in [-0.4, -0.2) is 35.2 Å². The molecule has 1 saturated carbocycles. The van der Waals surface area contributed by atoms with Gasteiger partial charge in [0.05, 0.1) is 6.10 Å². The lowest BCUT2D eigenvalue weighted by atomic mass is 9.92. The smallest absolute Gasteiger partial charge is 0.0541 e. The van der Waals surface area contributed by atoms with E-state index in [1.54, 1.807) is 0 Å². The van der Waals surface area contributed by atoms with E-state index in [9.17, 15) is 5.11 Å². The Bertz CT molecular complexity index is 115. The fourth-order valence-corrected chi connectivity index (χ4v) is 2.16. The van der Waals surface area contributed by atoms with Crippen LogP contribution in [0, 0.1) is 0 Å². The summed E-state index contributed by atoms with van der Waals surface area (Å²) in [7, 11) is 0. The molecular weight excluding hydrogens is 150 g/mol. The van der Waals surface area contributed by atoms with Crippen LogP contribution in [0.15, 0.2) is 0 Å². The molecule has 72 valence electrons. The third-order valence-electron chi connectivity index (χ3n) is 2.99. The van der Waals surface area contributed by atoms with Gasteiger partial charge in [0.1, 0.15) is 0 Å². The molecule has 0 heterocycles. The van der Waals surface area contributed by atoms with Gasteiger partial charge in [-0.15, -0.1) is 0 Å². The molecule has 0 aromatic rings. The van der Waals surface area contributed by atoms with Crippen molar-refractivity contribution < 1.29 is 5.11 Å². The van der Waals surface area contributed by atoms with E-state index in [0.717, 1.165) is 32.0 Å². The van der Waals surface area contributed by atoms with Crippen molar-refractivity contribution in [1.82, 2.24) is 4.90 Å². The summed E-state index contributed by atoms with van der Waals surface area (Å²) < 4.78 is 0. The van der Waals surface area contributed by atoms with Gasteiger partial charge >= 0.3 is 0 Å². The van der Waals surface area contributed by atoms with Crippen molar-refractivity contribution in [2.75, 3.05) is 13.1 Å². The van der Waals surface area contributed by atoms with E-state index in [1.165, 1.54) is 12.8 Å². The maximum atomic E-state index is 9.34. The summed E-state index contributed by atoms with van der Waals surface area (Å²) in [6.07, 6.45) is 4.35. The van der Waals surface area contributed by atoms with Crippen LogP contribution in [0.5, 0.6) is 0 Å². The molecular formula is C10H21NO. The number of hydrogen-bond acceptors (Lipinski definition) is 2. The molecule has 1 rings (SSSR count). The molecule has 2 heteroatoms. The fourth-order valence-electron chi connectivity index (χ4n) is 2.16. The van der Waals surface area contributed by atoms with Crippen molar-refractivity contribution in [3.05, 3.63) is 0 Å². The molecule has 1 N–H and O–H groups in total. The monoisotopic (exact) mass is 171 g/mol. The highest BCUT2D eigenvalue weighted by atomic mass is 16.3. The normalized spacial score (nSPS) is 31.0. The zero-order chi connectivity index (χ0) is 8.97. The number of hydrogen-bond donors (Lipinski definition) is 1. The van der Waals surface area contributed by atoms with Gasteiger partial charge in [0.15, 0.2) is 0 Å². The van der Waals surface area contributed by atoms with Crippen molar-refractivity contribution in [3.8, 4) is 0 Å². The first-order chi connectivity index (χ1) is 5.77. The van der Waals surface area contributed by atoms with Gasteiger partial charge < -0.3 is 10.0 Å². The molecule has 1 fully saturated rings. The lowest BCUT2D eigenvalue weighted by Gasteiger charge is -2.34. The molecule has 12 heavy (non-hydrogen) atoms. The van der Waals surface area contributed by atoms with Crippen LogP contribution >= 0.6 is 0 Å². The zero-order valence-corrected chi connectivity index (χ0v) is 8.29. The van der Waals surface area contributed by atoms with Gasteiger partial charge in [0.2, 0.25) is 0 Å². The molecule has 2 nitrogen and oxygen atoms in total. The standard InChI is InChI=1S/C10H21NO/c1-3-11(4-2)9-5-7-10(12)8-6-9/h9-10,12H,3-8H2,1-2H3. The summed E-state index contributed by atoms with van der Waals surface area (Å²) in [5.41, 5.74) is 0. The topological polar surface area (TPSA) is 23.5 Å². The second-order valence-electron chi connectivity index (χ2n) is 3.68. The minimum Gasteiger partial charge on any atom is -0.393 e. The molecule has 0 bridgehead atoms. The first kappa shape index (κ1) is 10.0. The van der Waals surface area contributed by atoms with Crippen LogP contribution in [0.2, 0.25) is 0 Å². The number of nitrogens with zero attached hydrogens (tertiary/aromatic N) is 1. The summed E-state index contributed by atoms with van der Waals surface area (Å²) >= 11 is 0. The summed E-state index contributed by atoms with van der Waals surface area (Å²) in [4.78, 5) is 2.51. The molecule has 0 aromatic carbocycles. The second kappa shape index (κ2) is 4.83. The fraction of sp³-hybridized carbons (Fsp3) is 1.00. The van der Waals surface area contributed by atoms with Gasteiger partial charge in [0, 0.05) is 6.04 Å². The summed E-state index contributed by atoms with van der Waals surface area (Å²) in [5, 5.41) is 9.34. The van der Waals surface area contributed by atoms with E-state index >= 15 is 0 Å². The van der Waals surface area contributed by atoms with E-state index in [1.807, 2.05) is 0 Å². The molecule has 0 atom stereocenters. The molecule has 0 unspecified atom stereocenters. The van der Waals surface area contributed by atoms with E-state index in [0.29, 0.717) is 0 Å². The highest BCUT2D eigenvalue weighted by Crippen LogP contribution is 2.22. The van der Waals surface area contributed by atoms with Crippen molar-refractivity contribution in [2.24, 2.45) is 0 Å². The van der Waals surface area contributed by atoms with Crippen LogP contribution < -0.4 is 0 Å². The molecule has 0 aromatic heterocycles. The van der Waals surface area contributed by atoms with Gasteiger partial charge in [-0.05, 0) is 38.8 Å². The lowest BCUT2D eigenvalue weighted by molar-refractivity contribution is 0.0782. The molecule has 0 aliphatic heterocycles. The van der Waals surface area contributed by atoms with Crippen LogP contribution in [0.3, 0.4) is 0 Å². The van der Waals surface area contributed by atoms with E-state index in [2.05, 4.69) is 18.7 Å². The molecule has 0 amide bonds. The SMILES string of the molecule is CCN(CC)C1CCC(O)CC1. The van der Waals surface area contributed by atoms with Crippen LogP contribution in [0.4, 0.5) is 0 Å². The zero-order valence-electron chi connectivity index (χ0n) is 8.29. The largest absolute Gasteiger partial charge is 0.393 e.